The lowest BCUT2D eigenvalue weighted by Crippen LogP contribution is -2.04. The normalized spacial score (nSPS) is 10.6. The maximum absolute atomic E-state index is 11.2. The number of halogens is 2. The van der Waals surface area contributed by atoms with Crippen LogP contribution in [0.25, 0.3) is 11.1 Å². The van der Waals surface area contributed by atoms with E-state index in [4.69, 9.17) is 28.5 Å². The summed E-state index contributed by atoms with van der Waals surface area (Å²) in [6.45, 7) is 4.52. The molecular weight excluding hydrogens is 369 g/mol. The summed E-state index contributed by atoms with van der Waals surface area (Å²) in [5, 5.41) is 13.6. The Morgan fingerprint density at radius 2 is 1.88 bits per heavy atom. The number of hydrogen-bond donors (Lipinski definition) is 0. The highest BCUT2D eigenvalue weighted by Gasteiger charge is 2.15. The molecule has 130 valence electrons. The van der Waals surface area contributed by atoms with Crippen molar-refractivity contribution in [1.82, 2.24) is 9.78 Å². The van der Waals surface area contributed by atoms with E-state index in [0.717, 1.165) is 28.1 Å². The Balaban J connectivity index is 1.94. The van der Waals surface area contributed by atoms with Crippen molar-refractivity contribution in [3.05, 3.63) is 75.6 Å². The van der Waals surface area contributed by atoms with Crippen molar-refractivity contribution in [3.63, 3.8) is 0 Å². The maximum atomic E-state index is 11.2. The van der Waals surface area contributed by atoms with Crippen LogP contribution in [0.4, 0.5) is 0 Å². The van der Waals surface area contributed by atoms with E-state index in [1.54, 1.807) is 24.3 Å². The standard InChI is InChI=1S/C20H15Cl2N3O/c1-12-19(16-7-8-17(10-23)18(21)9-16)13(2)25(24-12)11-14-3-5-15(6-4-14)20(22)26/h3-9H,11H2,1-2H3. The lowest BCUT2D eigenvalue weighted by atomic mass is 10.0. The van der Waals surface area contributed by atoms with Gasteiger partial charge >= 0.3 is 0 Å². The minimum Gasteiger partial charge on any atom is -0.276 e. The van der Waals surface area contributed by atoms with Crippen molar-refractivity contribution in [2.45, 2.75) is 20.4 Å². The quantitative estimate of drug-likeness (QED) is 0.587. The van der Waals surface area contributed by atoms with Gasteiger partial charge in [-0.1, -0.05) is 29.8 Å². The van der Waals surface area contributed by atoms with E-state index in [2.05, 4.69) is 11.2 Å². The van der Waals surface area contributed by atoms with E-state index in [9.17, 15) is 4.79 Å². The summed E-state index contributed by atoms with van der Waals surface area (Å²) in [7, 11) is 0. The molecule has 0 radical (unpaired) electrons. The highest BCUT2D eigenvalue weighted by atomic mass is 35.5. The summed E-state index contributed by atoms with van der Waals surface area (Å²) in [6.07, 6.45) is 0. The first-order valence-electron chi connectivity index (χ1n) is 7.93. The Bertz CT molecular complexity index is 1030. The SMILES string of the molecule is Cc1nn(Cc2ccc(C(=O)Cl)cc2)c(C)c1-c1ccc(C#N)c(Cl)c1. The van der Waals surface area contributed by atoms with Crippen molar-refractivity contribution >= 4 is 28.4 Å². The molecule has 0 aliphatic heterocycles. The number of aromatic nitrogens is 2. The van der Waals surface area contributed by atoms with Crippen molar-refractivity contribution in [1.29, 1.82) is 5.26 Å². The van der Waals surface area contributed by atoms with Crippen molar-refractivity contribution < 1.29 is 4.79 Å². The molecular formula is C20H15Cl2N3O. The number of aryl methyl sites for hydroxylation is 1. The van der Waals surface area contributed by atoms with Gasteiger partial charge in [0.1, 0.15) is 6.07 Å². The van der Waals surface area contributed by atoms with Crippen LogP contribution in [0.2, 0.25) is 5.02 Å². The van der Waals surface area contributed by atoms with Crippen LogP contribution in [-0.4, -0.2) is 15.0 Å². The second-order valence-corrected chi connectivity index (χ2v) is 6.73. The molecule has 26 heavy (non-hydrogen) atoms. The van der Waals surface area contributed by atoms with Crippen molar-refractivity contribution in [3.8, 4) is 17.2 Å². The van der Waals surface area contributed by atoms with Crippen LogP contribution in [0, 0.1) is 25.2 Å². The molecule has 0 fully saturated rings. The van der Waals surface area contributed by atoms with E-state index < -0.39 is 5.24 Å². The summed E-state index contributed by atoms with van der Waals surface area (Å²) >= 11 is 11.7. The number of nitriles is 1. The maximum Gasteiger partial charge on any atom is 0.252 e. The van der Waals surface area contributed by atoms with Gasteiger partial charge < -0.3 is 0 Å². The smallest absolute Gasteiger partial charge is 0.252 e. The fourth-order valence-corrected chi connectivity index (χ4v) is 3.29. The first-order valence-corrected chi connectivity index (χ1v) is 8.69. The fourth-order valence-electron chi connectivity index (χ4n) is 2.94. The highest BCUT2D eigenvalue weighted by molar-refractivity contribution is 6.67. The van der Waals surface area contributed by atoms with Gasteiger partial charge in [0.25, 0.3) is 5.24 Å². The van der Waals surface area contributed by atoms with Gasteiger partial charge in [0.15, 0.2) is 0 Å². The number of carbonyl (C=O) groups is 1. The molecule has 3 rings (SSSR count). The third-order valence-electron chi connectivity index (χ3n) is 4.27. The Labute approximate surface area is 161 Å². The molecule has 0 atom stereocenters. The van der Waals surface area contributed by atoms with Crippen LogP contribution in [0.5, 0.6) is 0 Å². The van der Waals surface area contributed by atoms with Gasteiger partial charge in [-0.15, -0.1) is 0 Å². The van der Waals surface area contributed by atoms with Crippen LogP contribution in [-0.2, 0) is 6.54 Å². The molecule has 0 spiro atoms. The molecule has 0 unspecified atom stereocenters. The molecule has 0 N–H and O–H groups in total. The zero-order chi connectivity index (χ0) is 18.8. The van der Waals surface area contributed by atoms with Crippen LogP contribution in [0.1, 0.15) is 32.9 Å². The molecule has 1 heterocycles. The van der Waals surface area contributed by atoms with Crippen molar-refractivity contribution in [2.75, 3.05) is 0 Å². The van der Waals surface area contributed by atoms with E-state index >= 15 is 0 Å². The zero-order valence-corrected chi connectivity index (χ0v) is 15.8. The molecule has 1 aromatic heterocycles. The second-order valence-electron chi connectivity index (χ2n) is 5.98. The largest absolute Gasteiger partial charge is 0.276 e. The molecule has 0 bridgehead atoms. The Morgan fingerprint density at radius 3 is 2.46 bits per heavy atom. The molecule has 4 nitrogen and oxygen atoms in total. The molecule has 0 amide bonds. The van der Waals surface area contributed by atoms with Crippen molar-refractivity contribution in [2.24, 2.45) is 0 Å². The second kappa shape index (κ2) is 7.33. The molecule has 0 saturated heterocycles. The Kier molecular flexibility index (Phi) is 5.13. The molecule has 3 aromatic rings. The molecule has 0 saturated carbocycles. The number of benzene rings is 2. The van der Waals surface area contributed by atoms with E-state index in [1.165, 1.54) is 0 Å². The fraction of sp³-hybridized carbons (Fsp3) is 0.150. The lowest BCUT2D eigenvalue weighted by molar-refractivity contribution is 0.108. The third-order valence-corrected chi connectivity index (χ3v) is 4.80. The first kappa shape index (κ1) is 18.2. The van der Waals surface area contributed by atoms with Gasteiger partial charge in [0.2, 0.25) is 0 Å². The van der Waals surface area contributed by atoms with Gasteiger partial charge in [-0.3, -0.25) is 9.48 Å². The predicted octanol–water partition coefficient (Wildman–Crippen LogP) is 5.12. The summed E-state index contributed by atoms with van der Waals surface area (Å²) in [4.78, 5) is 11.2. The lowest BCUT2D eigenvalue weighted by Gasteiger charge is -2.07. The number of rotatable bonds is 4. The topological polar surface area (TPSA) is 58.7 Å². The average Bonchev–Trinajstić information content (AvgIpc) is 2.89. The number of hydrogen-bond acceptors (Lipinski definition) is 3. The average molecular weight is 384 g/mol. The Morgan fingerprint density at radius 1 is 1.19 bits per heavy atom. The first-order chi connectivity index (χ1) is 12.4. The van der Waals surface area contributed by atoms with Crippen LogP contribution >= 0.6 is 23.2 Å². The van der Waals surface area contributed by atoms with Crippen LogP contribution in [0.3, 0.4) is 0 Å². The summed E-state index contributed by atoms with van der Waals surface area (Å²) in [6, 6.07) is 14.6. The van der Waals surface area contributed by atoms with E-state index in [-0.39, 0.29) is 0 Å². The molecule has 0 aliphatic carbocycles. The van der Waals surface area contributed by atoms with Crippen LogP contribution < -0.4 is 0 Å². The number of nitrogens with zero attached hydrogens (tertiary/aromatic N) is 3. The van der Waals surface area contributed by atoms with Gasteiger partial charge in [0.05, 0.1) is 22.8 Å². The molecule has 6 heteroatoms. The van der Waals surface area contributed by atoms with E-state index in [1.807, 2.05) is 36.7 Å². The molecule has 0 aliphatic rings. The van der Waals surface area contributed by atoms with E-state index in [0.29, 0.717) is 22.7 Å². The monoisotopic (exact) mass is 383 g/mol. The van der Waals surface area contributed by atoms with Crippen LogP contribution in [0.15, 0.2) is 42.5 Å². The number of carbonyl (C=O) groups excluding carboxylic acids is 1. The third kappa shape index (κ3) is 3.50. The van der Waals surface area contributed by atoms with Gasteiger partial charge in [0, 0.05) is 16.8 Å². The highest BCUT2D eigenvalue weighted by Crippen LogP contribution is 2.30. The minimum absolute atomic E-state index is 0.429. The van der Waals surface area contributed by atoms with Gasteiger partial charge in [-0.05, 0) is 60.8 Å². The predicted molar refractivity (Wildman–Crippen MR) is 103 cm³/mol. The zero-order valence-electron chi connectivity index (χ0n) is 14.3. The summed E-state index contributed by atoms with van der Waals surface area (Å²) < 4.78 is 1.91. The summed E-state index contributed by atoms with van der Waals surface area (Å²) in [5.74, 6) is 0. The summed E-state index contributed by atoms with van der Waals surface area (Å²) in [5.41, 5.74) is 5.75. The van der Waals surface area contributed by atoms with Gasteiger partial charge in [-0.25, -0.2) is 0 Å². The minimum atomic E-state index is -0.470. The Hall–Kier alpha value is -2.61. The molecule has 2 aromatic carbocycles. The van der Waals surface area contributed by atoms with Gasteiger partial charge in [-0.2, -0.15) is 10.4 Å².